The van der Waals surface area contributed by atoms with Crippen molar-refractivity contribution in [2.45, 2.75) is 24.9 Å². The SMILES string of the molecule is O=C(c1ccc(F)cc1)N1CCCC2(CC(c3ccccc3)=CO2)C1. The van der Waals surface area contributed by atoms with E-state index in [9.17, 15) is 9.18 Å². The Morgan fingerprint density at radius 2 is 1.84 bits per heavy atom. The molecule has 2 aliphatic heterocycles. The Morgan fingerprint density at radius 1 is 1.08 bits per heavy atom. The smallest absolute Gasteiger partial charge is 0.253 e. The summed E-state index contributed by atoms with van der Waals surface area (Å²) in [6.07, 6.45) is 4.50. The van der Waals surface area contributed by atoms with Crippen molar-refractivity contribution in [3.05, 3.63) is 77.8 Å². The molecule has 0 N–H and O–H groups in total. The van der Waals surface area contributed by atoms with Crippen molar-refractivity contribution in [2.75, 3.05) is 13.1 Å². The van der Waals surface area contributed by atoms with Crippen LogP contribution in [0.2, 0.25) is 0 Å². The standard InChI is InChI=1S/C21H20FNO2/c22-19-9-7-17(8-10-19)20(24)23-12-4-11-21(15-23)13-18(14-25-21)16-5-2-1-3-6-16/h1-3,5-10,14H,4,11-13,15H2. The number of rotatable bonds is 2. The zero-order chi connectivity index (χ0) is 17.3. The molecular formula is C21H20FNO2. The molecule has 1 fully saturated rings. The van der Waals surface area contributed by atoms with Gasteiger partial charge in [-0.1, -0.05) is 30.3 Å². The first-order valence-corrected chi connectivity index (χ1v) is 8.62. The van der Waals surface area contributed by atoms with Crippen molar-refractivity contribution >= 4 is 11.5 Å². The fourth-order valence-corrected chi connectivity index (χ4v) is 3.74. The van der Waals surface area contributed by atoms with Crippen LogP contribution in [0.3, 0.4) is 0 Å². The summed E-state index contributed by atoms with van der Waals surface area (Å²) in [5.41, 5.74) is 2.53. The van der Waals surface area contributed by atoms with Crippen molar-refractivity contribution in [1.29, 1.82) is 0 Å². The van der Waals surface area contributed by atoms with Gasteiger partial charge < -0.3 is 9.64 Å². The third-order valence-corrected chi connectivity index (χ3v) is 5.03. The quantitative estimate of drug-likeness (QED) is 0.819. The highest BCUT2D eigenvalue weighted by Crippen LogP contribution is 2.40. The van der Waals surface area contributed by atoms with Crippen LogP contribution < -0.4 is 0 Å². The van der Waals surface area contributed by atoms with Gasteiger partial charge >= 0.3 is 0 Å². The predicted molar refractivity (Wildman–Crippen MR) is 94.4 cm³/mol. The fourth-order valence-electron chi connectivity index (χ4n) is 3.74. The summed E-state index contributed by atoms with van der Waals surface area (Å²) in [4.78, 5) is 14.6. The van der Waals surface area contributed by atoms with Crippen LogP contribution in [0.4, 0.5) is 4.39 Å². The monoisotopic (exact) mass is 337 g/mol. The number of carbonyl (C=O) groups is 1. The first kappa shape index (κ1) is 15.9. The second-order valence-corrected chi connectivity index (χ2v) is 6.82. The van der Waals surface area contributed by atoms with E-state index in [0.717, 1.165) is 19.3 Å². The Hall–Kier alpha value is -2.62. The molecule has 2 heterocycles. The van der Waals surface area contributed by atoms with Crippen molar-refractivity contribution < 1.29 is 13.9 Å². The molecule has 0 radical (unpaired) electrons. The maximum atomic E-state index is 13.1. The lowest BCUT2D eigenvalue weighted by Crippen LogP contribution is -2.50. The average molecular weight is 337 g/mol. The zero-order valence-electron chi connectivity index (χ0n) is 14.0. The summed E-state index contributed by atoms with van der Waals surface area (Å²) in [5.74, 6) is -0.390. The Morgan fingerprint density at radius 3 is 2.60 bits per heavy atom. The van der Waals surface area contributed by atoms with Crippen molar-refractivity contribution in [2.24, 2.45) is 0 Å². The highest BCUT2D eigenvalue weighted by molar-refractivity contribution is 5.94. The minimum atomic E-state index is -0.334. The van der Waals surface area contributed by atoms with Crippen LogP contribution in [0.1, 0.15) is 35.2 Å². The number of piperidine rings is 1. The lowest BCUT2D eigenvalue weighted by atomic mass is 9.86. The Kier molecular flexibility index (Phi) is 4.04. The van der Waals surface area contributed by atoms with Gasteiger partial charge in [-0.3, -0.25) is 4.79 Å². The van der Waals surface area contributed by atoms with Gasteiger partial charge in [0.2, 0.25) is 0 Å². The normalized spacial score (nSPS) is 22.6. The van der Waals surface area contributed by atoms with Gasteiger partial charge in [0.25, 0.3) is 5.91 Å². The second kappa shape index (κ2) is 6.36. The van der Waals surface area contributed by atoms with Crippen LogP contribution in [-0.2, 0) is 4.74 Å². The number of amides is 1. The molecule has 1 unspecified atom stereocenters. The van der Waals surface area contributed by atoms with Gasteiger partial charge in [-0.2, -0.15) is 0 Å². The van der Waals surface area contributed by atoms with Gasteiger partial charge in [0.15, 0.2) is 0 Å². The van der Waals surface area contributed by atoms with E-state index in [-0.39, 0.29) is 17.3 Å². The first-order valence-electron chi connectivity index (χ1n) is 8.62. The number of hydrogen-bond donors (Lipinski definition) is 0. The molecule has 3 nitrogen and oxygen atoms in total. The van der Waals surface area contributed by atoms with Gasteiger partial charge in [0.1, 0.15) is 11.4 Å². The predicted octanol–water partition coefficient (Wildman–Crippen LogP) is 4.26. The van der Waals surface area contributed by atoms with Crippen molar-refractivity contribution in [3.63, 3.8) is 0 Å². The van der Waals surface area contributed by atoms with Crippen LogP contribution in [0.15, 0.2) is 60.9 Å². The molecule has 1 spiro atoms. The summed E-state index contributed by atoms with van der Waals surface area (Å²) in [6.45, 7) is 1.28. The zero-order valence-corrected chi connectivity index (χ0v) is 14.0. The minimum Gasteiger partial charge on any atom is -0.492 e. The first-order chi connectivity index (χ1) is 12.2. The summed E-state index contributed by atoms with van der Waals surface area (Å²) in [5, 5.41) is 0. The molecule has 2 aliphatic rings. The summed E-state index contributed by atoms with van der Waals surface area (Å²) >= 11 is 0. The van der Waals surface area contributed by atoms with Gasteiger partial charge in [-0.05, 0) is 48.2 Å². The third-order valence-electron chi connectivity index (χ3n) is 5.03. The highest BCUT2D eigenvalue weighted by Gasteiger charge is 2.42. The van der Waals surface area contributed by atoms with Crippen molar-refractivity contribution in [3.8, 4) is 0 Å². The van der Waals surface area contributed by atoms with Crippen LogP contribution in [0.25, 0.3) is 5.57 Å². The molecule has 4 rings (SSSR count). The molecule has 25 heavy (non-hydrogen) atoms. The summed E-state index contributed by atoms with van der Waals surface area (Å²) in [6, 6.07) is 15.9. The summed E-state index contributed by atoms with van der Waals surface area (Å²) in [7, 11) is 0. The van der Waals surface area contributed by atoms with Gasteiger partial charge in [0, 0.05) is 18.5 Å². The van der Waals surface area contributed by atoms with Crippen LogP contribution in [0, 0.1) is 5.82 Å². The second-order valence-electron chi connectivity index (χ2n) is 6.82. The molecule has 128 valence electrons. The molecule has 4 heteroatoms. The minimum absolute atomic E-state index is 0.0594. The summed E-state index contributed by atoms with van der Waals surface area (Å²) < 4.78 is 19.2. The lowest BCUT2D eigenvalue weighted by molar-refractivity contribution is -0.0190. The van der Waals surface area contributed by atoms with Crippen LogP contribution in [-0.4, -0.2) is 29.5 Å². The van der Waals surface area contributed by atoms with Gasteiger partial charge in [-0.25, -0.2) is 4.39 Å². The van der Waals surface area contributed by atoms with E-state index in [2.05, 4.69) is 12.1 Å². The molecule has 1 saturated heterocycles. The van der Waals surface area contributed by atoms with Crippen LogP contribution in [0.5, 0.6) is 0 Å². The Balaban J connectivity index is 1.48. The number of likely N-dealkylation sites (tertiary alicyclic amines) is 1. The molecule has 1 atom stereocenters. The van der Waals surface area contributed by atoms with Crippen LogP contribution >= 0.6 is 0 Å². The molecule has 0 bridgehead atoms. The lowest BCUT2D eigenvalue weighted by Gasteiger charge is -2.39. The fraction of sp³-hybridized carbons (Fsp3) is 0.286. The number of nitrogens with zero attached hydrogens (tertiary/aromatic N) is 1. The molecule has 2 aromatic rings. The van der Waals surface area contributed by atoms with E-state index >= 15 is 0 Å². The molecule has 0 aliphatic carbocycles. The molecule has 2 aromatic carbocycles. The van der Waals surface area contributed by atoms with Crippen molar-refractivity contribution in [1.82, 2.24) is 4.90 Å². The number of halogens is 1. The molecule has 1 amide bonds. The number of carbonyl (C=O) groups excluding carboxylic acids is 1. The van der Waals surface area contributed by atoms with E-state index in [1.165, 1.54) is 23.3 Å². The third kappa shape index (κ3) is 3.16. The molecule has 0 aromatic heterocycles. The van der Waals surface area contributed by atoms with E-state index in [4.69, 9.17) is 4.74 Å². The largest absolute Gasteiger partial charge is 0.492 e. The molecular weight excluding hydrogens is 317 g/mol. The Bertz CT molecular complexity index is 800. The highest BCUT2D eigenvalue weighted by atomic mass is 19.1. The van der Waals surface area contributed by atoms with Gasteiger partial charge in [0.05, 0.1) is 12.8 Å². The van der Waals surface area contributed by atoms with E-state index in [1.807, 2.05) is 29.4 Å². The van der Waals surface area contributed by atoms with Gasteiger partial charge in [-0.15, -0.1) is 0 Å². The average Bonchev–Trinajstić information content (AvgIpc) is 3.06. The topological polar surface area (TPSA) is 29.5 Å². The number of hydrogen-bond acceptors (Lipinski definition) is 2. The van der Waals surface area contributed by atoms with E-state index in [1.54, 1.807) is 12.1 Å². The molecule has 0 saturated carbocycles. The number of ether oxygens (including phenoxy) is 1. The van der Waals surface area contributed by atoms with E-state index in [0.29, 0.717) is 18.7 Å². The van der Waals surface area contributed by atoms with E-state index < -0.39 is 0 Å². The maximum absolute atomic E-state index is 13.1. The Labute approximate surface area is 146 Å². The number of benzene rings is 2. The maximum Gasteiger partial charge on any atom is 0.253 e.